The molecule has 0 atom stereocenters. The van der Waals surface area contributed by atoms with Crippen molar-refractivity contribution in [3.8, 4) is 11.3 Å². The lowest BCUT2D eigenvalue weighted by Crippen LogP contribution is -2.11. The number of nitrogens with two attached hydrogens (primary N) is 1. The van der Waals surface area contributed by atoms with Gasteiger partial charge >= 0.3 is 0 Å². The third-order valence-electron chi connectivity index (χ3n) is 6.17. The predicted octanol–water partition coefficient (Wildman–Crippen LogP) is 5.13. The summed E-state index contributed by atoms with van der Waals surface area (Å²) in [5.41, 5.74) is 14.8. The summed E-state index contributed by atoms with van der Waals surface area (Å²) < 4.78 is 0. The van der Waals surface area contributed by atoms with Crippen molar-refractivity contribution in [1.82, 2.24) is 9.97 Å². The number of fused-ring (bicyclic) bond motifs is 2. The number of hydrogen-bond acceptors (Lipinski definition) is 3. The number of primary amides is 1. The summed E-state index contributed by atoms with van der Waals surface area (Å²) in [4.78, 5) is 20.4. The van der Waals surface area contributed by atoms with Gasteiger partial charge in [0.15, 0.2) is 0 Å². The summed E-state index contributed by atoms with van der Waals surface area (Å²) in [6.07, 6.45) is 4.41. The summed E-state index contributed by atoms with van der Waals surface area (Å²) in [6.45, 7) is 2.80. The number of rotatable bonds is 5. The van der Waals surface area contributed by atoms with Gasteiger partial charge in [0.25, 0.3) is 5.91 Å². The van der Waals surface area contributed by atoms with Gasteiger partial charge in [-0.25, -0.2) is 0 Å². The van der Waals surface area contributed by atoms with E-state index >= 15 is 0 Å². The number of H-pyrrole nitrogens is 1. The van der Waals surface area contributed by atoms with Gasteiger partial charge in [0, 0.05) is 34.6 Å². The van der Waals surface area contributed by atoms with Crippen LogP contribution in [0.2, 0.25) is 0 Å². The maximum atomic E-state index is 11.9. The maximum Gasteiger partial charge on any atom is 0.250 e. The van der Waals surface area contributed by atoms with Gasteiger partial charge < -0.3 is 16.0 Å². The van der Waals surface area contributed by atoms with E-state index in [2.05, 4.69) is 40.6 Å². The number of carbonyl (C=O) groups is 1. The molecule has 0 fully saturated rings. The van der Waals surface area contributed by atoms with Crippen molar-refractivity contribution in [2.24, 2.45) is 5.73 Å². The highest BCUT2D eigenvalue weighted by molar-refractivity contribution is 6.09. The fourth-order valence-corrected chi connectivity index (χ4v) is 4.67. The molecule has 2 heterocycles. The number of aryl methyl sites for hydroxylation is 2. The van der Waals surface area contributed by atoms with E-state index in [-0.39, 0.29) is 0 Å². The Morgan fingerprint density at radius 2 is 1.90 bits per heavy atom. The first-order valence-corrected chi connectivity index (χ1v) is 10.8. The van der Waals surface area contributed by atoms with Crippen molar-refractivity contribution in [1.29, 1.82) is 0 Å². The number of benzene rings is 2. The first kappa shape index (κ1) is 19.4. The Balaban J connectivity index is 1.62. The van der Waals surface area contributed by atoms with Crippen LogP contribution < -0.4 is 11.1 Å². The van der Waals surface area contributed by atoms with Gasteiger partial charge in [-0.15, -0.1) is 0 Å². The molecular formula is C26H26N4O. The first-order valence-electron chi connectivity index (χ1n) is 10.8. The van der Waals surface area contributed by atoms with Crippen molar-refractivity contribution in [3.05, 3.63) is 82.7 Å². The number of nitrogens with zero attached hydrogens (tertiary/aromatic N) is 1. The zero-order valence-corrected chi connectivity index (χ0v) is 17.7. The van der Waals surface area contributed by atoms with E-state index in [1.807, 2.05) is 25.1 Å². The molecule has 0 aliphatic heterocycles. The Bertz CT molecular complexity index is 1270. The molecule has 156 valence electrons. The number of aromatic nitrogens is 2. The molecule has 0 unspecified atom stereocenters. The van der Waals surface area contributed by atoms with E-state index in [1.165, 1.54) is 29.7 Å². The first-order chi connectivity index (χ1) is 15.1. The topological polar surface area (TPSA) is 83.8 Å². The number of aromatic amines is 1. The molecule has 0 bridgehead atoms. The summed E-state index contributed by atoms with van der Waals surface area (Å²) in [7, 11) is 0. The lowest BCUT2D eigenvalue weighted by molar-refractivity contribution is 0.100. The highest BCUT2D eigenvalue weighted by Crippen LogP contribution is 2.37. The molecular weight excluding hydrogens is 384 g/mol. The zero-order valence-electron chi connectivity index (χ0n) is 17.7. The van der Waals surface area contributed by atoms with Crippen LogP contribution >= 0.6 is 0 Å². The highest BCUT2D eigenvalue weighted by atomic mass is 16.1. The Kier molecular flexibility index (Phi) is 4.94. The van der Waals surface area contributed by atoms with Crippen molar-refractivity contribution >= 4 is 22.5 Å². The standard InChI is InChI=1S/C26H26N4O/c1-16-24(19-11-7-12-20(26(27)31)25(19)29-16)23-14-22(18-10-5-6-13-21(18)30-23)28-15-17-8-3-2-4-9-17/h2-4,7-9,11-12,14,29H,5-6,10,13,15H2,1H3,(H2,27,31)(H,28,30). The Labute approximate surface area is 181 Å². The number of carbonyl (C=O) groups excluding carboxylic acids is 1. The highest BCUT2D eigenvalue weighted by Gasteiger charge is 2.21. The average Bonchev–Trinajstić information content (AvgIpc) is 3.13. The summed E-state index contributed by atoms with van der Waals surface area (Å²) >= 11 is 0. The van der Waals surface area contributed by atoms with Crippen LogP contribution in [0.15, 0.2) is 54.6 Å². The van der Waals surface area contributed by atoms with Crippen molar-refractivity contribution in [3.63, 3.8) is 0 Å². The van der Waals surface area contributed by atoms with E-state index in [0.29, 0.717) is 5.56 Å². The van der Waals surface area contributed by atoms with Gasteiger partial charge in [-0.05, 0) is 55.9 Å². The minimum absolute atomic E-state index is 0.429. The lowest BCUT2D eigenvalue weighted by Gasteiger charge is -2.21. The second kappa shape index (κ2) is 7.91. The fourth-order valence-electron chi connectivity index (χ4n) is 4.67. The second-order valence-electron chi connectivity index (χ2n) is 8.24. The average molecular weight is 411 g/mol. The third kappa shape index (κ3) is 3.56. The third-order valence-corrected chi connectivity index (χ3v) is 6.17. The molecule has 5 rings (SSSR count). The summed E-state index contributed by atoms with van der Waals surface area (Å²) in [5.74, 6) is -0.429. The molecule has 4 aromatic rings. The smallest absolute Gasteiger partial charge is 0.250 e. The lowest BCUT2D eigenvalue weighted by atomic mass is 9.93. The van der Waals surface area contributed by atoms with Crippen LogP contribution in [-0.2, 0) is 19.4 Å². The van der Waals surface area contributed by atoms with Gasteiger partial charge in [0.1, 0.15) is 0 Å². The van der Waals surface area contributed by atoms with Crippen LogP contribution in [0.3, 0.4) is 0 Å². The van der Waals surface area contributed by atoms with Crippen LogP contribution in [0.4, 0.5) is 5.69 Å². The molecule has 5 heteroatoms. The maximum absolute atomic E-state index is 11.9. The number of hydrogen-bond donors (Lipinski definition) is 3. The predicted molar refractivity (Wildman–Crippen MR) is 125 cm³/mol. The van der Waals surface area contributed by atoms with Crippen molar-refractivity contribution in [2.45, 2.75) is 39.2 Å². The minimum atomic E-state index is -0.429. The molecule has 1 aliphatic carbocycles. The van der Waals surface area contributed by atoms with Gasteiger partial charge in [-0.1, -0.05) is 42.5 Å². The second-order valence-corrected chi connectivity index (χ2v) is 8.24. The van der Waals surface area contributed by atoms with E-state index in [4.69, 9.17) is 10.7 Å². The number of amides is 1. The van der Waals surface area contributed by atoms with Crippen molar-refractivity contribution < 1.29 is 4.79 Å². The molecule has 2 aromatic heterocycles. The van der Waals surface area contributed by atoms with E-state index in [0.717, 1.165) is 52.9 Å². The van der Waals surface area contributed by atoms with E-state index in [1.54, 1.807) is 6.07 Å². The molecule has 0 saturated carbocycles. The molecule has 0 radical (unpaired) electrons. The molecule has 4 N–H and O–H groups in total. The number of pyridine rings is 1. The Morgan fingerprint density at radius 1 is 1.10 bits per heavy atom. The van der Waals surface area contributed by atoms with Gasteiger partial charge in [-0.3, -0.25) is 9.78 Å². The summed E-state index contributed by atoms with van der Waals surface area (Å²) in [6, 6.07) is 18.3. The number of nitrogens with one attached hydrogen (secondary N) is 2. The molecule has 0 spiro atoms. The van der Waals surface area contributed by atoms with Crippen LogP contribution in [0.25, 0.3) is 22.2 Å². The monoisotopic (exact) mass is 410 g/mol. The molecule has 5 nitrogen and oxygen atoms in total. The minimum Gasteiger partial charge on any atom is -0.381 e. The van der Waals surface area contributed by atoms with Crippen molar-refractivity contribution in [2.75, 3.05) is 5.32 Å². The quantitative estimate of drug-likeness (QED) is 0.426. The van der Waals surface area contributed by atoms with Crippen LogP contribution in [0.1, 0.15) is 45.7 Å². The van der Waals surface area contributed by atoms with E-state index in [9.17, 15) is 4.79 Å². The molecule has 2 aromatic carbocycles. The fraction of sp³-hybridized carbons (Fsp3) is 0.231. The van der Waals surface area contributed by atoms with Crippen LogP contribution in [-0.4, -0.2) is 15.9 Å². The number of para-hydroxylation sites is 1. The van der Waals surface area contributed by atoms with Crippen LogP contribution in [0, 0.1) is 6.92 Å². The molecule has 1 aliphatic rings. The molecule has 31 heavy (non-hydrogen) atoms. The summed E-state index contributed by atoms with van der Waals surface area (Å²) in [5, 5.41) is 4.64. The SMILES string of the molecule is Cc1[nH]c2c(C(N)=O)cccc2c1-c1cc(NCc2ccccc2)c2c(n1)CCCC2. The number of anilines is 1. The van der Waals surface area contributed by atoms with Gasteiger partial charge in [0.05, 0.1) is 16.8 Å². The molecule has 1 amide bonds. The largest absolute Gasteiger partial charge is 0.381 e. The Hall–Kier alpha value is -3.60. The Morgan fingerprint density at radius 3 is 2.71 bits per heavy atom. The normalized spacial score (nSPS) is 13.2. The molecule has 0 saturated heterocycles. The van der Waals surface area contributed by atoms with Gasteiger partial charge in [0.2, 0.25) is 0 Å². The van der Waals surface area contributed by atoms with Crippen LogP contribution in [0.5, 0.6) is 0 Å². The van der Waals surface area contributed by atoms with E-state index < -0.39 is 5.91 Å². The van der Waals surface area contributed by atoms with Gasteiger partial charge in [-0.2, -0.15) is 0 Å². The zero-order chi connectivity index (χ0) is 21.4.